The lowest BCUT2D eigenvalue weighted by Crippen LogP contribution is -2.71. The quantitative estimate of drug-likeness (QED) is 0.0622. The molecular weight excluding hydrogens is 490 g/mol. The zero-order valence-corrected chi connectivity index (χ0v) is 20.7. The zero-order chi connectivity index (χ0) is 27.0. The number of nitrogens with zero attached hydrogens (tertiary/aromatic N) is 2. The Morgan fingerprint density at radius 1 is 1.25 bits per heavy atom. The number of nitrogens with one attached hydrogen (secondary N) is 1. The lowest BCUT2D eigenvalue weighted by molar-refractivity contribution is -0.150. The van der Waals surface area contributed by atoms with Gasteiger partial charge in [-0.1, -0.05) is 18.2 Å². The summed E-state index contributed by atoms with van der Waals surface area (Å²) in [6, 6.07) is -2.34. The number of amides is 2. The van der Waals surface area contributed by atoms with Crippen molar-refractivity contribution >= 4 is 41.5 Å². The van der Waals surface area contributed by atoms with Gasteiger partial charge in [-0.25, -0.2) is 4.79 Å². The van der Waals surface area contributed by atoms with E-state index in [4.69, 9.17) is 28.0 Å². The van der Waals surface area contributed by atoms with Gasteiger partial charge in [0.1, 0.15) is 29.2 Å². The number of hydrogen-bond acceptors (Lipinski definition) is 8. The van der Waals surface area contributed by atoms with Crippen LogP contribution in [0.3, 0.4) is 0 Å². The molecule has 3 rings (SSSR count). The molecule has 11 N–H and O–H groups in total. The van der Waals surface area contributed by atoms with Gasteiger partial charge in [0.15, 0.2) is 5.96 Å². The first-order valence-corrected chi connectivity index (χ1v) is 12.3. The van der Waals surface area contributed by atoms with Crippen molar-refractivity contribution in [1.82, 2.24) is 10.2 Å². The average molecular weight is 524 g/mol. The molecule has 0 bridgehead atoms. The number of thioether (sulfide) groups is 1. The molecule has 2 heterocycles. The van der Waals surface area contributed by atoms with E-state index in [1.807, 2.05) is 18.2 Å². The number of hydrogen-bond donors (Lipinski definition) is 7. The Bertz CT molecular complexity index is 1000. The summed E-state index contributed by atoms with van der Waals surface area (Å²) in [6.07, 6.45) is 8.21. The predicted molar refractivity (Wildman–Crippen MR) is 135 cm³/mol. The van der Waals surface area contributed by atoms with Crippen molar-refractivity contribution in [2.45, 2.75) is 56.1 Å². The number of nitrogens with two attached hydrogens (primary N) is 4. The molecular formula is C22H33N7O6S. The Labute approximate surface area is 212 Å². The number of fused-ring (bicyclic) bond motifs is 1. The molecule has 0 saturated carbocycles. The van der Waals surface area contributed by atoms with E-state index >= 15 is 0 Å². The van der Waals surface area contributed by atoms with E-state index in [-0.39, 0.29) is 17.0 Å². The molecule has 0 aromatic rings. The number of guanidine groups is 1. The second-order valence-electron chi connectivity index (χ2n) is 8.39. The van der Waals surface area contributed by atoms with Gasteiger partial charge in [-0.05, 0) is 43.8 Å². The van der Waals surface area contributed by atoms with Crippen LogP contribution in [0.5, 0.6) is 0 Å². The summed E-state index contributed by atoms with van der Waals surface area (Å²) in [6.45, 7) is 2.12. The lowest BCUT2D eigenvalue weighted by atomic mass is 9.97. The van der Waals surface area contributed by atoms with Gasteiger partial charge in [0.05, 0.1) is 0 Å². The van der Waals surface area contributed by atoms with Gasteiger partial charge in [-0.15, -0.1) is 11.8 Å². The smallest absolute Gasteiger partial charge is 0.352 e. The maximum Gasteiger partial charge on any atom is 0.352 e. The van der Waals surface area contributed by atoms with Gasteiger partial charge in [0, 0.05) is 12.3 Å². The maximum absolute atomic E-state index is 12.3. The van der Waals surface area contributed by atoms with E-state index in [0.29, 0.717) is 37.1 Å². The molecule has 4 atom stereocenters. The van der Waals surface area contributed by atoms with Crippen molar-refractivity contribution in [2.75, 3.05) is 12.3 Å². The summed E-state index contributed by atoms with van der Waals surface area (Å²) in [4.78, 5) is 51.2. The average Bonchev–Trinajstić information content (AvgIpc) is 2.84. The van der Waals surface area contributed by atoms with Gasteiger partial charge < -0.3 is 38.5 Å². The van der Waals surface area contributed by atoms with Crippen LogP contribution in [0, 0.1) is 0 Å². The topological polar surface area (TPSA) is 240 Å². The summed E-state index contributed by atoms with van der Waals surface area (Å²) in [5.74, 6) is -2.39. The third kappa shape index (κ3) is 7.32. The first-order chi connectivity index (χ1) is 17.0. The highest BCUT2D eigenvalue weighted by atomic mass is 32.2. The first-order valence-electron chi connectivity index (χ1n) is 11.3. The molecule has 2 aliphatic heterocycles. The Hall–Kier alpha value is -3.36. The summed E-state index contributed by atoms with van der Waals surface area (Å²) in [7, 11) is 0. The van der Waals surface area contributed by atoms with Crippen molar-refractivity contribution in [3.63, 3.8) is 0 Å². The van der Waals surface area contributed by atoms with Gasteiger partial charge in [-0.2, -0.15) is 0 Å². The van der Waals surface area contributed by atoms with Crippen LogP contribution in [0.15, 0.2) is 40.1 Å². The highest BCUT2D eigenvalue weighted by molar-refractivity contribution is 8.00. The molecule has 3 aliphatic rings. The van der Waals surface area contributed by atoms with Crippen molar-refractivity contribution in [3.05, 3.63) is 35.1 Å². The van der Waals surface area contributed by atoms with Gasteiger partial charge in [0.2, 0.25) is 5.91 Å². The number of rotatable bonds is 9. The fourth-order valence-corrected chi connectivity index (χ4v) is 4.99. The molecule has 1 fully saturated rings. The van der Waals surface area contributed by atoms with Crippen molar-refractivity contribution < 1.29 is 29.4 Å². The van der Waals surface area contributed by atoms with Gasteiger partial charge >= 0.3 is 11.9 Å². The molecule has 0 aromatic heterocycles. The molecule has 14 heteroatoms. The number of carbonyl (C=O) groups is 4. The Morgan fingerprint density at radius 2 is 1.94 bits per heavy atom. The van der Waals surface area contributed by atoms with E-state index in [1.165, 1.54) is 16.7 Å². The van der Waals surface area contributed by atoms with E-state index in [9.17, 15) is 24.3 Å². The molecule has 1 aliphatic carbocycles. The van der Waals surface area contributed by atoms with E-state index in [1.54, 1.807) is 6.92 Å². The number of aliphatic carboxylic acids is 2. The molecule has 2 amide bonds. The van der Waals surface area contributed by atoms with Gasteiger partial charge in [-0.3, -0.25) is 24.3 Å². The van der Waals surface area contributed by atoms with Crippen molar-refractivity contribution in [1.29, 1.82) is 0 Å². The monoisotopic (exact) mass is 523 g/mol. The largest absolute Gasteiger partial charge is 0.480 e. The SMILES string of the molecule is CC1=C(C(=O)O)N2C(=O)[C@@H](NC(=O)[C@H](N)C3=CCC=CC3)[C@H]2SC1.NC(N)=NCCC[C@H](N)C(=O)O. The van der Waals surface area contributed by atoms with Gasteiger partial charge in [0.25, 0.3) is 5.91 Å². The van der Waals surface area contributed by atoms with E-state index in [2.05, 4.69) is 10.3 Å². The molecule has 0 unspecified atom stereocenters. The van der Waals surface area contributed by atoms with Crippen molar-refractivity contribution in [2.24, 2.45) is 27.9 Å². The fourth-order valence-electron chi connectivity index (χ4n) is 3.70. The number of carboxylic acid groups (broad SMARTS) is 2. The highest BCUT2D eigenvalue weighted by Crippen LogP contribution is 2.40. The molecule has 36 heavy (non-hydrogen) atoms. The minimum absolute atomic E-state index is 0.0129. The highest BCUT2D eigenvalue weighted by Gasteiger charge is 2.53. The normalized spacial score (nSPS) is 22.1. The molecule has 198 valence electrons. The van der Waals surface area contributed by atoms with Crippen LogP contribution in [0.1, 0.15) is 32.6 Å². The minimum atomic E-state index is -1.12. The zero-order valence-electron chi connectivity index (χ0n) is 19.9. The standard InChI is InChI=1S/C16H19N3O4S.C6H14N4O2/c1-8-7-24-15-11(14(21)19(15)12(8)16(22)23)18-13(20)10(17)9-5-3-2-4-6-9;7-4(5(11)12)2-1-3-10-6(8)9/h2-3,6,10-11,15H,4-5,7,17H2,1H3,(H,18,20)(H,22,23);4H,1-3,7H2,(H,11,12)(H4,8,9,10)/t10-,11-,15-;4-/m10/s1. The Balaban J connectivity index is 0.000000324. The molecule has 0 spiro atoms. The third-order valence-electron chi connectivity index (χ3n) is 5.66. The minimum Gasteiger partial charge on any atom is -0.480 e. The first kappa shape index (κ1) is 28.9. The van der Waals surface area contributed by atoms with E-state index < -0.39 is 41.9 Å². The summed E-state index contributed by atoms with van der Waals surface area (Å²) in [5, 5.41) is 20.0. The number of allylic oxidation sites excluding steroid dienone is 3. The second kappa shape index (κ2) is 13.1. The molecule has 0 aromatic carbocycles. The van der Waals surface area contributed by atoms with Crippen LogP contribution >= 0.6 is 11.8 Å². The second-order valence-corrected chi connectivity index (χ2v) is 9.50. The third-order valence-corrected chi connectivity index (χ3v) is 7.09. The van der Waals surface area contributed by atoms with Crippen LogP contribution < -0.4 is 28.3 Å². The number of carboxylic acids is 2. The molecule has 1 saturated heterocycles. The van der Waals surface area contributed by atoms with E-state index in [0.717, 1.165) is 12.0 Å². The molecule has 13 nitrogen and oxygen atoms in total. The summed E-state index contributed by atoms with van der Waals surface area (Å²) in [5.41, 5.74) is 22.8. The maximum atomic E-state index is 12.3. The Kier molecular flexibility index (Phi) is 10.5. The summed E-state index contributed by atoms with van der Waals surface area (Å²) >= 11 is 1.45. The van der Waals surface area contributed by atoms with Crippen LogP contribution in [-0.2, 0) is 19.2 Å². The van der Waals surface area contributed by atoms with Crippen LogP contribution in [0.25, 0.3) is 0 Å². The van der Waals surface area contributed by atoms with Crippen LogP contribution in [0.4, 0.5) is 0 Å². The lowest BCUT2D eigenvalue weighted by Gasteiger charge is -2.49. The predicted octanol–water partition coefficient (Wildman–Crippen LogP) is -1.20. The van der Waals surface area contributed by atoms with Crippen LogP contribution in [0.2, 0.25) is 0 Å². The number of aliphatic imine (C=N–C) groups is 1. The van der Waals surface area contributed by atoms with Crippen LogP contribution in [-0.4, -0.2) is 80.6 Å². The van der Waals surface area contributed by atoms with Crippen molar-refractivity contribution in [3.8, 4) is 0 Å². The summed E-state index contributed by atoms with van der Waals surface area (Å²) < 4.78 is 0. The number of carbonyl (C=O) groups excluding carboxylic acids is 2. The number of β-lactam (4-membered cyclic amide) rings is 1. The molecule has 0 radical (unpaired) electrons. The fraction of sp³-hybridized carbons (Fsp3) is 0.500. The Morgan fingerprint density at radius 3 is 2.50 bits per heavy atom.